The number of nitrogens with zero attached hydrogens (tertiary/aromatic N) is 1. The van der Waals surface area contributed by atoms with Crippen LogP contribution in [0.1, 0.15) is 6.42 Å². The van der Waals surface area contributed by atoms with Crippen molar-refractivity contribution in [2.45, 2.75) is 6.42 Å². The van der Waals surface area contributed by atoms with E-state index in [0.717, 1.165) is 25.8 Å². The van der Waals surface area contributed by atoms with Crippen molar-refractivity contribution in [1.29, 1.82) is 0 Å². The van der Waals surface area contributed by atoms with E-state index in [1.165, 1.54) is 0 Å². The van der Waals surface area contributed by atoms with Crippen LogP contribution in [0.25, 0.3) is 0 Å². The topological polar surface area (TPSA) is 46.6 Å². The second-order valence-electron chi connectivity index (χ2n) is 3.09. The highest BCUT2D eigenvalue weighted by Crippen LogP contribution is 2.00. The summed E-state index contributed by atoms with van der Waals surface area (Å²) in [5.41, 5.74) is 0. The molecular weight excluding hydrogens is 190 g/mol. The van der Waals surface area contributed by atoms with Gasteiger partial charge in [-0.2, -0.15) is 8.42 Å². The van der Waals surface area contributed by atoms with E-state index in [-0.39, 0.29) is 6.61 Å². The Morgan fingerprint density at radius 1 is 1.46 bits per heavy atom. The third-order valence-corrected chi connectivity index (χ3v) is 2.44. The Balaban J connectivity index is 2.16. The Labute approximate surface area is 79.3 Å². The molecule has 0 unspecified atom stereocenters. The minimum atomic E-state index is -3.27. The normalized spacial score (nSPS) is 19.2. The molecule has 4 nitrogen and oxygen atoms in total. The maximum Gasteiger partial charge on any atom is 0.264 e. The van der Waals surface area contributed by atoms with Gasteiger partial charge in [0, 0.05) is 19.6 Å². The predicted octanol–water partition coefficient (Wildman–Crippen LogP) is 0.225. The zero-order chi connectivity index (χ0) is 9.73. The Bertz CT molecular complexity index is 271. The molecule has 0 N–H and O–H groups in total. The van der Waals surface area contributed by atoms with Crippen LogP contribution in [0.4, 0.5) is 0 Å². The summed E-state index contributed by atoms with van der Waals surface area (Å²) >= 11 is 0. The zero-order valence-corrected chi connectivity index (χ0v) is 8.59. The van der Waals surface area contributed by atoms with E-state index in [4.69, 9.17) is 0 Å². The lowest BCUT2D eigenvalue weighted by molar-refractivity contribution is 0.225. The number of rotatable bonds is 4. The zero-order valence-electron chi connectivity index (χ0n) is 7.77. The van der Waals surface area contributed by atoms with Crippen molar-refractivity contribution in [2.75, 3.05) is 32.5 Å². The summed E-state index contributed by atoms with van der Waals surface area (Å²) in [5.74, 6) is 0. The summed E-state index contributed by atoms with van der Waals surface area (Å²) < 4.78 is 25.9. The van der Waals surface area contributed by atoms with E-state index in [0.29, 0.717) is 6.54 Å². The fraction of sp³-hybridized carbons (Fsp3) is 0.750. The molecule has 1 aliphatic rings. The first kappa shape index (κ1) is 10.7. The van der Waals surface area contributed by atoms with Gasteiger partial charge in [-0.25, -0.2) is 0 Å². The van der Waals surface area contributed by atoms with Crippen LogP contribution < -0.4 is 0 Å². The Morgan fingerprint density at radius 3 is 2.77 bits per heavy atom. The van der Waals surface area contributed by atoms with Crippen molar-refractivity contribution in [3.63, 3.8) is 0 Å². The summed E-state index contributed by atoms with van der Waals surface area (Å²) in [7, 11) is -3.27. The first-order valence-corrected chi connectivity index (χ1v) is 6.11. The molecule has 0 radical (unpaired) electrons. The average molecular weight is 205 g/mol. The molecule has 13 heavy (non-hydrogen) atoms. The molecule has 5 heteroatoms. The quantitative estimate of drug-likeness (QED) is 0.487. The molecule has 0 bridgehead atoms. The smallest absolute Gasteiger partial charge is 0.264 e. The lowest BCUT2D eigenvalue weighted by Gasteiger charge is -2.22. The Morgan fingerprint density at radius 2 is 2.23 bits per heavy atom. The second kappa shape index (κ2) is 4.74. The van der Waals surface area contributed by atoms with Crippen LogP contribution in [0.15, 0.2) is 12.2 Å². The van der Waals surface area contributed by atoms with Crippen molar-refractivity contribution in [2.24, 2.45) is 0 Å². The SMILES string of the molecule is CS(=O)(=O)OCCN1CC=CCC1. The molecule has 0 saturated heterocycles. The van der Waals surface area contributed by atoms with Crippen LogP contribution in [0.5, 0.6) is 0 Å². The predicted molar refractivity (Wildman–Crippen MR) is 51.0 cm³/mol. The van der Waals surface area contributed by atoms with Crippen LogP contribution in [0.2, 0.25) is 0 Å². The van der Waals surface area contributed by atoms with Gasteiger partial charge in [0.2, 0.25) is 0 Å². The van der Waals surface area contributed by atoms with Gasteiger partial charge in [-0.3, -0.25) is 9.08 Å². The molecule has 76 valence electrons. The lowest BCUT2D eigenvalue weighted by atomic mass is 10.2. The van der Waals surface area contributed by atoms with Crippen LogP contribution in [-0.4, -0.2) is 45.8 Å². The van der Waals surface area contributed by atoms with E-state index >= 15 is 0 Å². The highest BCUT2D eigenvalue weighted by molar-refractivity contribution is 7.85. The van der Waals surface area contributed by atoms with Crippen LogP contribution in [-0.2, 0) is 14.3 Å². The molecule has 0 aromatic rings. The van der Waals surface area contributed by atoms with Crippen molar-refractivity contribution in [3.05, 3.63) is 12.2 Å². The van der Waals surface area contributed by atoms with Crippen molar-refractivity contribution >= 4 is 10.1 Å². The number of hydrogen-bond donors (Lipinski definition) is 0. The first-order chi connectivity index (χ1) is 6.08. The van der Waals surface area contributed by atoms with E-state index in [9.17, 15) is 8.42 Å². The minimum Gasteiger partial charge on any atom is -0.297 e. The third kappa shape index (κ3) is 5.02. The molecular formula is C8H15NO3S. The molecule has 0 saturated carbocycles. The number of hydrogen-bond acceptors (Lipinski definition) is 4. The lowest BCUT2D eigenvalue weighted by Crippen LogP contribution is -2.31. The summed E-state index contributed by atoms with van der Waals surface area (Å²) in [4.78, 5) is 2.16. The van der Waals surface area contributed by atoms with Gasteiger partial charge in [0.25, 0.3) is 10.1 Å². The van der Waals surface area contributed by atoms with Gasteiger partial charge in [-0.05, 0) is 6.42 Å². The van der Waals surface area contributed by atoms with Gasteiger partial charge in [-0.15, -0.1) is 0 Å². The van der Waals surface area contributed by atoms with Gasteiger partial charge in [-0.1, -0.05) is 12.2 Å². The summed E-state index contributed by atoms with van der Waals surface area (Å²) in [6.45, 7) is 2.82. The molecule has 1 heterocycles. The molecule has 1 aliphatic heterocycles. The monoisotopic (exact) mass is 205 g/mol. The maximum absolute atomic E-state index is 10.6. The van der Waals surface area contributed by atoms with Crippen LogP contribution in [0, 0.1) is 0 Å². The van der Waals surface area contributed by atoms with Crippen molar-refractivity contribution in [3.8, 4) is 0 Å². The first-order valence-electron chi connectivity index (χ1n) is 4.30. The molecule has 0 aromatic heterocycles. The molecule has 0 amide bonds. The Hall–Kier alpha value is -0.390. The largest absolute Gasteiger partial charge is 0.297 e. The van der Waals surface area contributed by atoms with Gasteiger partial charge in [0.05, 0.1) is 12.9 Å². The minimum absolute atomic E-state index is 0.257. The van der Waals surface area contributed by atoms with E-state index < -0.39 is 10.1 Å². The van der Waals surface area contributed by atoms with Crippen LogP contribution >= 0.6 is 0 Å². The Kier molecular flexibility index (Phi) is 3.90. The summed E-state index contributed by atoms with van der Waals surface area (Å²) in [5, 5.41) is 0. The summed E-state index contributed by atoms with van der Waals surface area (Å²) in [6, 6.07) is 0. The molecule has 0 aromatic carbocycles. The molecule has 1 rings (SSSR count). The summed E-state index contributed by atoms with van der Waals surface area (Å²) in [6.07, 6.45) is 6.33. The third-order valence-electron chi connectivity index (χ3n) is 1.85. The van der Waals surface area contributed by atoms with Gasteiger partial charge >= 0.3 is 0 Å². The van der Waals surface area contributed by atoms with E-state index in [1.807, 2.05) is 0 Å². The molecule has 0 aliphatic carbocycles. The van der Waals surface area contributed by atoms with Gasteiger partial charge in [0.1, 0.15) is 0 Å². The van der Waals surface area contributed by atoms with Crippen LogP contribution in [0.3, 0.4) is 0 Å². The fourth-order valence-corrected chi connectivity index (χ4v) is 1.59. The van der Waals surface area contributed by atoms with Gasteiger partial charge in [0.15, 0.2) is 0 Å². The fourth-order valence-electron chi connectivity index (χ4n) is 1.21. The maximum atomic E-state index is 10.6. The van der Waals surface area contributed by atoms with Crippen molar-refractivity contribution < 1.29 is 12.6 Å². The molecule has 0 atom stereocenters. The van der Waals surface area contributed by atoms with Crippen molar-refractivity contribution in [1.82, 2.24) is 4.90 Å². The highest BCUT2D eigenvalue weighted by Gasteiger charge is 2.07. The van der Waals surface area contributed by atoms with E-state index in [2.05, 4.69) is 21.2 Å². The highest BCUT2D eigenvalue weighted by atomic mass is 32.2. The average Bonchev–Trinajstić information content (AvgIpc) is 2.04. The van der Waals surface area contributed by atoms with Gasteiger partial charge < -0.3 is 0 Å². The standard InChI is InChI=1S/C8H15NO3S/c1-13(10,11)12-8-7-9-5-3-2-4-6-9/h2-3H,4-8H2,1H3. The van der Waals surface area contributed by atoms with E-state index in [1.54, 1.807) is 0 Å². The molecule has 0 spiro atoms. The second-order valence-corrected chi connectivity index (χ2v) is 4.73. The molecule has 0 fully saturated rings.